The highest BCUT2D eigenvalue weighted by Gasteiger charge is 2.73. The van der Waals surface area contributed by atoms with E-state index < -0.39 is 77.5 Å². The third-order valence-electron chi connectivity index (χ3n) is 15.3. The first kappa shape index (κ1) is 40.0. The lowest BCUT2D eigenvalue weighted by Gasteiger charge is -2.71. The number of aliphatic hydroxyl groups excluding tert-OH is 5. The first-order chi connectivity index (χ1) is 23.1. The van der Waals surface area contributed by atoms with Crippen molar-refractivity contribution in [1.29, 1.82) is 0 Å². The molecule has 4 aliphatic carbocycles. The molecule has 0 aromatic heterocycles. The van der Waals surface area contributed by atoms with Crippen LogP contribution in [0.2, 0.25) is 0 Å². The summed E-state index contributed by atoms with van der Waals surface area (Å²) in [5.74, 6) is -0.278. The van der Waals surface area contributed by atoms with Crippen molar-refractivity contribution in [3.8, 4) is 0 Å². The van der Waals surface area contributed by atoms with E-state index in [1.807, 2.05) is 20.8 Å². The van der Waals surface area contributed by atoms with E-state index in [2.05, 4.69) is 32.2 Å². The zero-order valence-electron chi connectivity index (χ0n) is 31.2. The van der Waals surface area contributed by atoms with Crippen molar-refractivity contribution < 1.29 is 59.8 Å². The second-order valence-electron chi connectivity index (χ2n) is 18.1. The average Bonchev–Trinajstić information content (AvgIpc) is 3.40. The van der Waals surface area contributed by atoms with Crippen LogP contribution in [0.25, 0.3) is 0 Å². The largest absolute Gasteiger partial charge is 0.463 e. The fourth-order valence-electron chi connectivity index (χ4n) is 12.3. The molecule has 4 saturated carbocycles. The van der Waals surface area contributed by atoms with Crippen LogP contribution >= 0.6 is 0 Å². The summed E-state index contributed by atoms with van der Waals surface area (Å²) in [5, 5.41) is 77.4. The maximum atomic E-state index is 12.2. The van der Waals surface area contributed by atoms with Gasteiger partial charge in [-0.15, -0.1) is 0 Å². The second kappa shape index (κ2) is 13.9. The molecule has 5 rings (SSSR count). The van der Waals surface area contributed by atoms with Crippen molar-refractivity contribution >= 4 is 5.97 Å². The van der Waals surface area contributed by atoms with Crippen LogP contribution in [0.4, 0.5) is 0 Å². The number of rotatable bonds is 10. The first-order valence-corrected chi connectivity index (χ1v) is 18.6. The third-order valence-corrected chi connectivity index (χ3v) is 15.3. The minimum Gasteiger partial charge on any atom is -0.463 e. The van der Waals surface area contributed by atoms with E-state index in [-0.39, 0.29) is 41.1 Å². The number of hydrogen-bond acceptors (Lipinski definition) is 12. The van der Waals surface area contributed by atoms with Crippen molar-refractivity contribution in [2.75, 3.05) is 6.61 Å². The van der Waals surface area contributed by atoms with E-state index in [4.69, 9.17) is 14.2 Å². The highest BCUT2D eigenvalue weighted by molar-refractivity contribution is 5.65. The van der Waals surface area contributed by atoms with Gasteiger partial charge in [0.2, 0.25) is 0 Å². The molecular weight excluding hydrogens is 648 g/mol. The van der Waals surface area contributed by atoms with E-state index in [1.54, 1.807) is 6.92 Å². The van der Waals surface area contributed by atoms with E-state index in [0.717, 1.165) is 38.5 Å². The van der Waals surface area contributed by atoms with Gasteiger partial charge in [0.15, 0.2) is 6.29 Å². The molecule has 50 heavy (non-hydrogen) atoms. The molecule has 1 saturated heterocycles. The molecule has 1 unspecified atom stereocenters. The summed E-state index contributed by atoms with van der Waals surface area (Å²) >= 11 is 0. The lowest BCUT2D eigenvalue weighted by Crippen LogP contribution is -2.73. The number of ether oxygens (including phenoxy) is 3. The van der Waals surface area contributed by atoms with Crippen molar-refractivity contribution in [2.24, 2.45) is 45.3 Å². The van der Waals surface area contributed by atoms with E-state index in [1.165, 1.54) is 6.92 Å². The normalized spacial score (nSPS) is 48.8. The SMILES string of the molecule is C=C(C)C(CC[C@@](C)(O)[C@H]1CC[C@]2(C)[C@@H]1CC[C@@H]1[C@@]3(C)[C@H](O)[C@@H](O)[C@H](O[C@@H]4O[C@H](COC(C)=O)[C@@H](O)[C@H](O)[C@H]4O)C(C)(C)[C@@H]3CC[C@]12C)OO. The van der Waals surface area contributed by atoms with Crippen LogP contribution in [0.5, 0.6) is 0 Å². The Bertz CT molecular complexity index is 1260. The van der Waals surface area contributed by atoms with Gasteiger partial charge in [0, 0.05) is 12.3 Å². The van der Waals surface area contributed by atoms with E-state index >= 15 is 0 Å². The quantitative estimate of drug-likeness (QED) is 0.0575. The van der Waals surface area contributed by atoms with Crippen LogP contribution in [0, 0.1) is 45.3 Å². The minimum absolute atomic E-state index is 0.0665. The monoisotopic (exact) mass is 712 g/mol. The molecule has 5 fully saturated rings. The molecule has 0 radical (unpaired) electrons. The molecule has 0 aromatic rings. The van der Waals surface area contributed by atoms with Gasteiger partial charge in [-0.25, -0.2) is 4.89 Å². The predicted molar refractivity (Wildman–Crippen MR) is 182 cm³/mol. The topological polar surface area (TPSA) is 196 Å². The number of hydrogen-bond donors (Lipinski definition) is 7. The molecule has 1 heterocycles. The summed E-state index contributed by atoms with van der Waals surface area (Å²) in [6.07, 6.45) is -5.33. The third kappa shape index (κ3) is 6.21. The molecule has 0 bridgehead atoms. The number of aliphatic hydroxyl groups is 6. The smallest absolute Gasteiger partial charge is 0.302 e. The average molecular weight is 713 g/mol. The van der Waals surface area contributed by atoms with Gasteiger partial charge >= 0.3 is 5.97 Å². The van der Waals surface area contributed by atoms with Gasteiger partial charge in [0.1, 0.15) is 43.2 Å². The Morgan fingerprint density at radius 2 is 1.54 bits per heavy atom. The number of esters is 1. The fraction of sp³-hybridized carbons (Fsp3) is 0.921. The minimum atomic E-state index is -1.65. The summed E-state index contributed by atoms with van der Waals surface area (Å²) in [7, 11) is 0. The van der Waals surface area contributed by atoms with Crippen molar-refractivity contribution in [3.63, 3.8) is 0 Å². The van der Waals surface area contributed by atoms with Crippen LogP contribution in [0.3, 0.4) is 0 Å². The van der Waals surface area contributed by atoms with Gasteiger partial charge < -0.3 is 44.8 Å². The van der Waals surface area contributed by atoms with Gasteiger partial charge in [-0.2, -0.15) is 0 Å². The molecule has 7 N–H and O–H groups in total. The molecule has 0 amide bonds. The van der Waals surface area contributed by atoms with Crippen molar-refractivity contribution in [1.82, 2.24) is 0 Å². The van der Waals surface area contributed by atoms with Crippen LogP contribution < -0.4 is 0 Å². The summed E-state index contributed by atoms with van der Waals surface area (Å²) in [6, 6.07) is 0. The van der Waals surface area contributed by atoms with Gasteiger partial charge in [0.05, 0.1) is 17.8 Å². The number of carbonyl (C=O) groups is 1. The Labute approximate surface area is 297 Å². The molecule has 12 heteroatoms. The summed E-state index contributed by atoms with van der Waals surface area (Å²) in [6.45, 7) is 19.3. The molecule has 12 nitrogen and oxygen atoms in total. The first-order valence-electron chi connectivity index (χ1n) is 18.6. The number of carbonyl (C=O) groups excluding carboxylic acids is 1. The van der Waals surface area contributed by atoms with Crippen LogP contribution in [0.1, 0.15) is 107 Å². The van der Waals surface area contributed by atoms with Gasteiger partial charge in [0.25, 0.3) is 0 Å². The standard InChI is InChI=1S/C38H64O12/c1-19(2)23(50-46)13-17-37(8,45)22-12-15-35(6)21(22)10-11-26-36(35,7)16-14-25-34(4,5)32(30(43)31(44)38(25,26)9)49-33-29(42)28(41)27(40)24(48-33)18-47-20(3)39/h21-33,40-46H,1,10-18H2,2-9H3/t21-,22+,23?,24-,25+,26+,27-,28+,29-,30-,31-,32+,33+,35-,36-,37-,38+/m1/s1. The summed E-state index contributed by atoms with van der Waals surface area (Å²) < 4.78 is 17.1. The maximum absolute atomic E-state index is 12.2. The maximum Gasteiger partial charge on any atom is 0.302 e. The highest BCUT2D eigenvalue weighted by Crippen LogP contribution is 2.76. The molecule has 0 spiro atoms. The Hall–Kier alpha value is -1.19. The van der Waals surface area contributed by atoms with Crippen LogP contribution in [0.15, 0.2) is 12.2 Å². The van der Waals surface area contributed by atoms with Crippen molar-refractivity contribution in [3.05, 3.63) is 12.2 Å². The van der Waals surface area contributed by atoms with Crippen LogP contribution in [-0.4, -0.2) is 109 Å². The Morgan fingerprint density at radius 1 is 0.900 bits per heavy atom. The molecule has 288 valence electrons. The molecule has 17 atom stereocenters. The van der Waals surface area contributed by atoms with Crippen molar-refractivity contribution in [2.45, 2.75) is 167 Å². The Morgan fingerprint density at radius 3 is 2.14 bits per heavy atom. The van der Waals surface area contributed by atoms with E-state index in [9.17, 15) is 40.7 Å². The van der Waals surface area contributed by atoms with Crippen LogP contribution in [-0.2, 0) is 23.9 Å². The molecule has 5 aliphatic rings. The second-order valence-corrected chi connectivity index (χ2v) is 18.1. The molecule has 0 aromatic carbocycles. The summed E-state index contributed by atoms with van der Waals surface area (Å²) in [4.78, 5) is 16.1. The highest BCUT2D eigenvalue weighted by atomic mass is 17.1. The summed E-state index contributed by atoms with van der Waals surface area (Å²) in [5.41, 5.74) is -1.94. The Kier molecular flexibility index (Phi) is 11.1. The zero-order chi connectivity index (χ0) is 37.4. The zero-order valence-corrected chi connectivity index (χ0v) is 31.2. The lowest BCUT2D eigenvalue weighted by atomic mass is 9.34. The lowest BCUT2D eigenvalue weighted by molar-refractivity contribution is -0.355. The number of fused-ring (bicyclic) bond motifs is 5. The fourth-order valence-corrected chi connectivity index (χ4v) is 12.3. The van der Waals surface area contributed by atoms with Gasteiger partial charge in [-0.05, 0) is 111 Å². The van der Waals surface area contributed by atoms with E-state index in [0.29, 0.717) is 18.4 Å². The van der Waals surface area contributed by atoms with Gasteiger partial charge in [-0.3, -0.25) is 10.1 Å². The predicted octanol–water partition coefficient (Wildman–Crippen LogP) is 3.33. The Balaban J connectivity index is 1.38. The van der Waals surface area contributed by atoms with Gasteiger partial charge in [-0.1, -0.05) is 41.2 Å². The molecular formula is C38H64O12. The molecule has 1 aliphatic heterocycles.